The van der Waals surface area contributed by atoms with Gasteiger partial charge in [0.15, 0.2) is 5.43 Å². The highest BCUT2D eigenvalue weighted by molar-refractivity contribution is 6.04. The molecule has 0 spiro atoms. The molecule has 2 heterocycles. The van der Waals surface area contributed by atoms with Crippen molar-refractivity contribution in [3.8, 4) is 5.69 Å². The van der Waals surface area contributed by atoms with Gasteiger partial charge in [0.1, 0.15) is 17.7 Å². The van der Waals surface area contributed by atoms with Crippen molar-refractivity contribution in [2.75, 3.05) is 5.32 Å². The number of nitrogens with one attached hydrogen (secondary N) is 2. The Labute approximate surface area is 132 Å². The molecule has 1 amide bonds. The number of pyridine rings is 1. The van der Waals surface area contributed by atoms with E-state index in [-0.39, 0.29) is 11.0 Å². The number of carbonyl (C=O) groups excluding carboxylic acids is 1. The third kappa shape index (κ3) is 3.03. The van der Waals surface area contributed by atoms with Gasteiger partial charge in [0.2, 0.25) is 0 Å². The van der Waals surface area contributed by atoms with E-state index in [1.54, 1.807) is 30.0 Å². The van der Waals surface area contributed by atoms with Crippen LogP contribution in [0.15, 0.2) is 47.7 Å². The van der Waals surface area contributed by atoms with E-state index in [0.717, 1.165) is 11.5 Å². The zero-order chi connectivity index (χ0) is 16.4. The molecule has 3 rings (SSSR count). The van der Waals surface area contributed by atoms with Gasteiger partial charge in [-0.15, -0.1) is 10.2 Å². The first-order chi connectivity index (χ1) is 11.0. The zero-order valence-corrected chi connectivity index (χ0v) is 12.7. The number of H-pyrrole nitrogens is 1. The molecule has 0 saturated carbocycles. The van der Waals surface area contributed by atoms with E-state index in [4.69, 9.17) is 0 Å². The van der Waals surface area contributed by atoms with Gasteiger partial charge >= 0.3 is 0 Å². The van der Waals surface area contributed by atoms with Gasteiger partial charge < -0.3 is 10.3 Å². The topological polar surface area (TPSA) is 92.7 Å². The summed E-state index contributed by atoms with van der Waals surface area (Å²) < 4.78 is 1.80. The normalized spacial score (nSPS) is 10.5. The van der Waals surface area contributed by atoms with Crippen molar-refractivity contribution in [3.63, 3.8) is 0 Å². The standard InChI is InChI=1S/C16H15N5O2/c1-10-6-15(22)14(8-17-10)16(23)19-12-4-3-5-13(7-12)21-9-18-20-11(21)2/h3-9H,1-2H3,(H,17,22)(H,19,23). The van der Waals surface area contributed by atoms with Crippen LogP contribution < -0.4 is 10.7 Å². The molecule has 0 aliphatic rings. The highest BCUT2D eigenvalue weighted by Crippen LogP contribution is 2.16. The number of carbonyl (C=O) groups is 1. The zero-order valence-electron chi connectivity index (χ0n) is 12.7. The minimum Gasteiger partial charge on any atom is -0.364 e. The molecule has 2 N–H and O–H groups in total. The fourth-order valence-electron chi connectivity index (χ4n) is 2.23. The summed E-state index contributed by atoms with van der Waals surface area (Å²) in [5, 5.41) is 10.5. The molecule has 2 aromatic heterocycles. The number of hydrogen-bond acceptors (Lipinski definition) is 4. The molecule has 7 nitrogen and oxygen atoms in total. The monoisotopic (exact) mass is 309 g/mol. The molecule has 116 valence electrons. The van der Waals surface area contributed by atoms with E-state index in [0.29, 0.717) is 11.4 Å². The van der Waals surface area contributed by atoms with E-state index in [1.165, 1.54) is 12.3 Å². The lowest BCUT2D eigenvalue weighted by Crippen LogP contribution is -2.21. The summed E-state index contributed by atoms with van der Waals surface area (Å²) in [5.41, 5.74) is 1.87. The minimum absolute atomic E-state index is 0.0708. The van der Waals surface area contributed by atoms with Crippen molar-refractivity contribution >= 4 is 11.6 Å². The molecular formula is C16H15N5O2. The van der Waals surface area contributed by atoms with Gasteiger partial charge in [0.25, 0.3) is 5.91 Å². The lowest BCUT2D eigenvalue weighted by molar-refractivity contribution is 0.102. The van der Waals surface area contributed by atoms with Crippen LogP contribution >= 0.6 is 0 Å². The molecule has 0 radical (unpaired) electrons. The number of rotatable bonds is 3. The summed E-state index contributed by atoms with van der Waals surface area (Å²) in [6, 6.07) is 8.63. The molecule has 0 aliphatic carbocycles. The second-order valence-corrected chi connectivity index (χ2v) is 5.15. The van der Waals surface area contributed by atoms with Gasteiger partial charge in [0, 0.05) is 23.6 Å². The van der Waals surface area contributed by atoms with E-state index in [9.17, 15) is 9.59 Å². The second kappa shape index (κ2) is 5.88. The molecule has 7 heteroatoms. The molecule has 0 fully saturated rings. The van der Waals surface area contributed by atoms with Gasteiger partial charge in [-0.3, -0.25) is 14.2 Å². The van der Waals surface area contributed by atoms with Crippen molar-refractivity contribution in [2.24, 2.45) is 0 Å². The Balaban J connectivity index is 1.87. The molecule has 0 aliphatic heterocycles. The first-order valence-electron chi connectivity index (χ1n) is 7.02. The lowest BCUT2D eigenvalue weighted by atomic mass is 10.2. The van der Waals surface area contributed by atoms with E-state index >= 15 is 0 Å². The highest BCUT2D eigenvalue weighted by atomic mass is 16.2. The molecule has 0 bridgehead atoms. The molecular weight excluding hydrogens is 294 g/mol. The number of aryl methyl sites for hydroxylation is 2. The van der Waals surface area contributed by atoms with Crippen LogP contribution in [-0.2, 0) is 0 Å². The van der Waals surface area contributed by atoms with Gasteiger partial charge in [-0.1, -0.05) is 6.07 Å². The molecule has 3 aromatic rings. The van der Waals surface area contributed by atoms with Crippen LogP contribution in [-0.4, -0.2) is 25.7 Å². The largest absolute Gasteiger partial charge is 0.364 e. The van der Waals surface area contributed by atoms with Crippen LogP contribution in [0, 0.1) is 13.8 Å². The number of aromatic amines is 1. The average molecular weight is 309 g/mol. The van der Waals surface area contributed by atoms with E-state index in [1.807, 2.05) is 19.1 Å². The summed E-state index contributed by atoms with van der Waals surface area (Å²) in [4.78, 5) is 27.0. The minimum atomic E-state index is -0.455. The first kappa shape index (κ1) is 14.7. The average Bonchev–Trinajstić information content (AvgIpc) is 2.93. The Morgan fingerprint density at radius 3 is 2.78 bits per heavy atom. The molecule has 23 heavy (non-hydrogen) atoms. The number of amides is 1. The summed E-state index contributed by atoms with van der Waals surface area (Å²) in [5.74, 6) is 0.285. The Morgan fingerprint density at radius 2 is 2.09 bits per heavy atom. The second-order valence-electron chi connectivity index (χ2n) is 5.15. The van der Waals surface area contributed by atoms with Crippen LogP contribution in [0.5, 0.6) is 0 Å². The Morgan fingerprint density at radius 1 is 1.26 bits per heavy atom. The van der Waals surface area contributed by atoms with Crippen LogP contribution in [0.2, 0.25) is 0 Å². The van der Waals surface area contributed by atoms with Crippen molar-refractivity contribution < 1.29 is 4.79 Å². The summed E-state index contributed by atoms with van der Waals surface area (Å²) in [6.07, 6.45) is 3.02. The van der Waals surface area contributed by atoms with Crippen molar-refractivity contribution in [2.45, 2.75) is 13.8 Å². The Hall–Kier alpha value is -3.22. The molecule has 1 aromatic carbocycles. The summed E-state index contributed by atoms with van der Waals surface area (Å²) in [6.45, 7) is 3.60. The first-order valence-corrected chi connectivity index (χ1v) is 7.02. The van der Waals surface area contributed by atoms with Gasteiger partial charge in [-0.05, 0) is 32.0 Å². The van der Waals surface area contributed by atoms with Crippen molar-refractivity contribution in [1.82, 2.24) is 19.7 Å². The van der Waals surface area contributed by atoms with Crippen LogP contribution in [0.3, 0.4) is 0 Å². The van der Waals surface area contributed by atoms with Gasteiger partial charge in [-0.25, -0.2) is 0 Å². The van der Waals surface area contributed by atoms with Gasteiger partial charge in [0.05, 0.1) is 5.69 Å². The summed E-state index contributed by atoms with van der Waals surface area (Å²) >= 11 is 0. The lowest BCUT2D eigenvalue weighted by Gasteiger charge is -2.08. The van der Waals surface area contributed by atoms with E-state index < -0.39 is 5.91 Å². The SMILES string of the molecule is Cc1cc(=O)c(C(=O)Nc2cccc(-n3cnnc3C)c2)c[nH]1. The summed E-state index contributed by atoms with van der Waals surface area (Å²) in [7, 11) is 0. The van der Waals surface area contributed by atoms with Crippen molar-refractivity contribution in [1.29, 1.82) is 0 Å². The Kier molecular flexibility index (Phi) is 3.76. The van der Waals surface area contributed by atoms with Gasteiger partial charge in [-0.2, -0.15) is 0 Å². The highest BCUT2D eigenvalue weighted by Gasteiger charge is 2.11. The number of benzene rings is 1. The third-order valence-electron chi connectivity index (χ3n) is 3.40. The van der Waals surface area contributed by atoms with Crippen LogP contribution in [0.1, 0.15) is 21.9 Å². The van der Waals surface area contributed by atoms with Crippen LogP contribution in [0.25, 0.3) is 5.69 Å². The van der Waals surface area contributed by atoms with E-state index in [2.05, 4.69) is 20.5 Å². The fraction of sp³-hybridized carbons (Fsp3) is 0.125. The predicted octanol–water partition coefficient (Wildman–Crippen LogP) is 1.82. The Bertz CT molecular complexity index is 926. The number of aromatic nitrogens is 4. The maximum Gasteiger partial charge on any atom is 0.261 e. The molecule has 0 saturated heterocycles. The molecule has 0 atom stereocenters. The smallest absolute Gasteiger partial charge is 0.261 e. The number of anilines is 1. The third-order valence-corrected chi connectivity index (χ3v) is 3.40. The molecule has 0 unspecified atom stereocenters. The van der Waals surface area contributed by atoms with Crippen molar-refractivity contribution in [3.05, 3.63) is 70.2 Å². The number of nitrogens with zero attached hydrogens (tertiary/aromatic N) is 3. The maximum atomic E-state index is 12.2. The fourth-order valence-corrected chi connectivity index (χ4v) is 2.23. The van der Waals surface area contributed by atoms with Crippen LogP contribution in [0.4, 0.5) is 5.69 Å². The quantitative estimate of drug-likeness (QED) is 0.772. The maximum absolute atomic E-state index is 12.2. The number of hydrogen-bond donors (Lipinski definition) is 2. The predicted molar refractivity (Wildman–Crippen MR) is 85.8 cm³/mol.